The van der Waals surface area contributed by atoms with Crippen molar-refractivity contribution in [1.82, 2.24) is 15.2 Å². The molecule has 29 heavy (non-hydrogen) atoms. The molecule has 0 amide bonds. The van der Waals surface area contributed by atoms with Gasteiger partial charge in [0.05, 0.1) is 11.2 Å². The Balaban J connectivity index is 1.37. The van der Waals surface area contributed by atoms with E-state index in [2.05, 4.69) is 62.5 Å². The Morgan fingerprint density at radius 2 is 2.21 bits per heavy atom. The summed E-state index contributed by atoms with van der Waals surface area (Å²) in [5.74, 6) is 0.137. The number of likely N-dealkylation sites (N-methyl/N-ethyl adjacent to an activating group) is 1. The van der Waals surface area contributed by atoms with Crippen LogP contribution < -0.4 is 5.32 Å². The average molecular weight is 458 g/mol. The largest absolute Gasteiger partial charge is 0.464 e. The van der Waals surface area contributed by atoms with Crippen molar-refractivity contribution in [2.45, 2.75) is 44.2 Å². The van der Waals surface area contributed by atoms with Gasteiger partial charge in [-0.3, -0.25) is 9.69 Å². The number of carbonyl (C=O) groups excluding carboxylic acids is 1. The van der Waals surface area contributed by atoms with Gasteiger partial charge in [-0.05, 0) is 71.6 Å². The zero-order valence-corrected chi connectivity index (χ0v) is 18.4. The maximum atomic E-state index is 12.5. The maximum absolute atomic E-state index is 12.5. The van der Waals surface area contributed by atoms with Crippen molar-refractivity contribution in [2.24, 2.45) is 5.92 Å². The van der Waals surface area contributed by atoms with Crippen molar-refractivity contribution in [3.05, 3.63) is 40.0 Å². The molecular weight excluding hydrogens is 430 g/mol. The molecule has 3 aliphatic rings. The van der Waals surface area contributed by atoms with Crippen molar-refractivity contribution >= 4 is 38.4 Å². The van der Waals surface area contributed by atoms with Crippen LogP contribution in [0.2, 0.25) is 0 Å². The molecule has 0 spiro atoms. The molecule has 154 valence electrons. The highest BCUT2D eigenvalue weighted by atomic mass is 79.9. The van der Waals surface area contributed by atoms with Gasteiger partial charge in [-0.25, -0.2) is 0 Å². The van der Waals surface area contributed by atoms with Crippen LogP contribution in [-0.4, -0.2) is 54.7 Å². The number of esters is 1. The number of H-pyrrole nitrogens is 1. The number of benzene rings is 1. The van der Waals surface area contributed by atoms with E-state index in [1.165, 1.54) is 34.0 Å². The first kappa shape index (κ1) is 19.3. The lowest BCUT2D eigenvalue weighted by Gasteiger charge is -2.39. The molecule has 0 bridgehead atoms. The standard InChI is InChI=1S/C23H28BrN3O2/c1-27-12-14(13-29-23(28)19-7-3-2-4-9-25-19)10-16-15-6-5-8-18-21(15)17(11-20(16)27)22(24)26-18/h5-6,8,10,14,19-20,25-26H,2-4,7,9,11-13H2,1H3/t14?,19?,20-/m0/s1. The van der Waals surface area contributed by atoms with E-state index in [0.717, 1.165) is 43.4 Å². The molecule has 1 aromatic heterocycles. The predicted molar refractivity (Wildman–Crippen MR) is 119 cm³/mol. The van der Waals surface area contributed by atoms with E-state index >= 15 is 0 Å². The summed E-state index contributed by atoms with van der Waals surface area (Å²) in [7, 11) is 2.19. The Bertz CT molecular complexity index is 958. The second kappa shape index (κ2) is 7.89. The van der Waals surface area contributed by atoms with E-state index in [4.69, 9.17) is 4.74 Å². The number of hydrogen-bond acceptors (Lipinski definition) is 4. The smallest absolute Gasteiger partial charge is 0.323 e. The van der Waals surface area contributed by atoms with E-state index in [1.807, 2.05) is 0 Å². The number of fused-ring (bicyclic) bond motifs is 2. The van der Waals surface area contributed by atoms with Gasteiger partial charge in [0, 0.05) is 29.4 Å². The number of nitrogens with zero attached hydrogens (tertiary/aromatic N) is 1. The summed E-state index contributed by atoms with van der Waals surface area (Å²) < 4.78 is 6.86. The SMILES string of the molecule is CN1CC(COC(=O)C2CCCCCN2)C=C2c3cccc4[nH]c(Br)c(c34)C[C@@H]21. The lowest BCUT2D eigenvalue weighted by atomic mass is 9.80. The molecule has 1 aliphatic carbocycles. The fraction of sp³-hybridized carbons (Fsp3) is 0.522. The minimum Gasteiger partial charge on any atom is -0.464 e. The molecule has 0 radical (unpaired) electrons. The zero-order chi connectivity index (χ0) is 20.0. The van der Waals surface area contributed by atoms with E-state index in [1.54, 1.807) is 0 Å². The number of aromatic nitrogens is 1. The monoisotopic (exact) mass is 457 g/mol. The fourth-order valence-corrected chi connectivity index (χ4v) is 5.79. The van der Waals surface area contributed by atoms with Gasteiger partial charge in [0.15, 0.2) is 0 Å². The number of carbonyl (C=O) groups is 1. The van der Waals surface area contributed by atoms with Crippen molar-refractivity contribution in [1.29, 1.82) is 0 Å². The van der Waals surface area contributed by atoms with Crippen molar-refractivity contribution in [3.63, 3.8) is 0 Å². The molecule has 2 aromatic rings. The first-order chi connectivity index (χ1) is 14.1. The zero-order valence-electron chi connectivity index (χ0n) is 16.8. The number of rotatable bonds is 3. The summed E-state index contributed by atoms with van der Waals surface area (Å²) in [4.78, 5) is 18.4. The van der Waals surface area contributed by atoms with E-state index in [-0.39, 0.29) is 17.9 Å². The molecule has 6 heteroatoms. The van der Waals surface area contributed by atoms with Crippen LogP contribution in [0, 0.1) is 5.92 Å². The second-order valence-electron chi connectivity index (χ2n) is 8.67. The van der Waals surface area contributed by atoms with Gasteiger partial charge in [-0.1, -0.05) is 31.1 Å². The Hall–Kier alpha value is -1.63. The van der Waals surface area contributed by atoms with Crippen LogP contribution in [0.1, 0.15) is 36.8 Å². The molecule has 3 heterocycles. The van der Waals surface area contributed by atoms with Gasteiger partial charge < -0.3 is 15.0 Å². The summed E-state index contributed by atoms with van der Waals surface area (Å²) in [5.41, 5.74) is 5.23. The van der Waals surface area contributed by atoms with Crippen LogP contribution in [-0.2, 0) is 16.0 Å². The first-order valence-corrected chi connectivity index (χ1v) is 11.5. The molecule has 2 aliphatic heterocycles. The van der Waals surface area contributed by atoms with E-state index in [0.29, 0.717) is 12.6 Å². The lowest BCUT2D eigenvalue weighted by molar-refractivity contribution is -0.147. The molecular formula is C23H28BrN3O2. The second-order valence-corrected chi connectivity index (χ2v) is 9.47. The maximum Gasteiger partial charge on any atom is 0.323 e. The van der Waals surface area contributed by atoms with Crippen molar-refractivity contribution in [2.75, 3.05) is 26.7 Å². The highest BCUT2D eigenvalue weighted by molar-refractivity contribution is 9.10. The highest BCUT2D eigenvalue weighted by Crippen LogP contribution is 2.43. The topological polar surface area (TPSA) is 57.4 Å². The van der Waals surface area contributed by atoms with Crippen LogP contribution in [0.25, 0.3) is 16.5 Å². The summed E-state index contributed by atoms with van der Waals surface area (Å²) in [6.07, 6.45) is 7.69. The summed E-state index contributed by atoms with van der Waals surface area (Å²) >= 11 is 3.71. The Morgan fingerprint density at radius 1 is 1.31 bits per heavy atom. The number of aromatic amines is 1. The van der Waals surface area contributed by atoms with Gasteiger partial charge in [0.25, 0.3) is 0 Å². The van der Waals surface area contributed by atoms with Crippen molar-refractivity contribution in [3.8, 4) is 0 Å². The third kappa shape index (κ3) is 3.56. The third-order valence-corrected chi connectivity index (χ3v) is 7.37. The number of halogens is 1. The number of ether oxygens (including phenoxy) is 1. The Labute approximate surface area is 180 Å². The van der Waals surface area contributed by atoms with E-state index < -0.39 is 0 Å². The van der Waals surface area contributed by atoms with Crippen LogP contribution in [0.15, 0.2) is 28.9 Å². The molecule has 1 fully saturated rings. The molecule has 3 atom stereocenters. The van der Waals surface area contributed by atoms with Crippen molar-refractivity contribution < 1.29 is 9.53 Å². The van der Waals surface area contributed by atoms with Gasteiger partial charge in [0.2, 0.25) is 0 Å². The van der Waals surface area contributed by atoms with Crippen LogP contribution >= 0.6 is 15.9 Å². The summed E-state index contributed by atoms with van der Waals surface area (Å²) in [5, 5.41) is 4.67. The Morgan fingerprint density at radius 3 is 3.10 bits per heavy atom. The van der Waals surface area contributed by atoms with Gasteiger partial charge in [-0.15, -0.1) is 0 Å². The summed E-state index contributed by atoms with van der Waals surface area (Å²) in [6.45, 7) is 2.28. The molecule has 1 saturated heterocycles. The molecule has 5 nitrogen and oxygen atoms in total. The molecule has 1 aromatic carbocycles. The van der Waals surface area contributed by atoms with Gasteiger partial charge in [0.1, 0.15) is 6.04 Å². The molecule has 2 unspecified atom stereocenters. The predicted octanol–water partition coefficient (Wildman–Crippen LogP) is 3.88. The van der Waals surface area contributed by atoms with Crippen LogP contribution in [0.3, 0.4) is 0 Å². The van der Waals surface area contributed by atoms with Crippen LogP contribution in [0.5, 0.6) is 0 Å². The average Bonchev–Trinajstić information content (AvgIpc) is 2.89. The van der Waals surface area contributed by atoms with E-state index in [9.17, 15) is 4.79 Å². The fourth-order valence-electron chi connectivity index (χ4n) is 5.22. The quantitative estimate of drug-likeness (QED) is 0.686. The number of nitrogens with one attached hydrogen (secondary N) is 2. The third-order valence-electron chi connectivity index (χ3n) is 6.70. The van der Waals surface area contributed by atoms with Crippen LogP contribution in [0.4, 0.5) is 0 Å². The highest BCUT2D eigenvalue weighted by Gasteiger charge is 2.35. The summed E-state index contributed by atoms with van der Waals surface area (Å²) in [6, 6.07) is 6.72. The minimum absolute atomic E-state index is 0.0855. The van der Waals surface area contributed by atoms with Gasteiger partial charge >= 0.3 is 5.97 Å². The van der Waals surface area contributed by atoms with Gasteiger partial charge in [-0.2, -0.15) is 0 Å². The lowest BCUT2D eigenvalue weighted by Crippen LogP contribution is -2.44. The Kier molecular flexibility index (Phi) is 5.26. The molecule has 2 N–H and O–H groups in total. The molecule has 0 saturated carbocycles. The first-order valence-electron chi connectivity index (χ1n) is 10.7. The molecule has 5 rings (SSSR count). The normalized spacial score (nSPS) is 27.2. The minimum atomic E-state index is -0.137. The number of hydrogen-bond donors (Lipinski definition) is 2.